The molecular formula is C13H14N2O4S. The van der Waals surface area contributed by atoms with Crippen molar-refractivity contribution < 1.29 is 18.3 Å². The van der Waals surface area contributed by atoms with Gasteiger partial charge in [-0.15, -0.1) is 0 Å². The first-order valence-corrected chi connectivity index (χ1v) is 8.20. The Labute approximate surface area is 116 Å². The van der Waals surface area contributed by atoms with E-state index in [1.807, 2.05) is 0 Å². The standard InChI is InChI=1S/C13H14N2O4S/c16-13(17)11-5-1-4-10-7-14-12(15(10)11)9-3-2-6-20(18,19)8-9/h1,4-5,7,9H,2-3,6,8H2,(H,16,17). The number of rotatable bonds is 2. The molecule has 0 bridgehead atoms. The fraction of sp³-hybridized carbons (Fsp3) is 0.385. The van der Waals surface area contributed by atoms with Crippen molar-refractivity contribution in [3.63, 3.8) is 0 Å². The maximum atomic E-state index is 11.8. The molecule has 3 rings (SSSR count). The van der Waals surface area contributed by atoms with Crippen LogP contribution in [-0.4, -0.2) is 40.4 Å². The second-order valence-corrected chi connectivity index (χ2v) is 7.28. The molecule has 106 valence electrons. The number of carbonyl (C=O) groups is 1. The van der Waals surface area contributed by atoms with Gasteiger partial charge < -0.3 is 5.11 Å². The molecule has 6 nitrogen and oxygen atoms in total. The minimum atomic E-state index is -3.06. The summed E-state index contributed by atoms with van der Waals surface area (Å²) in [5.74, 6) is -0.509. The highest BCUT2D eigenvalue weighted by Crippen LogP contribution is 2.28. The molecule has 0 aliphatic carbocycles. The van der Waals surface area contributed by atoms with E-state index in [4.69, 9.17) is 0 Å². The highest BCUT2D eigenvalue weighted by atomic mass is 32.2. The Bertz CT molecular complexity index is 779. The lowest BCUT2D eigenvalue weighted by molar-refractivity contribution is 0.0688. The Balaban J connectivity index is 2.15. The Morgan fingerprint density at radius 1 is 1.40 bits per heavy atom. The lowest BCUT2D eigenvalue weighted by Crippen LogP contribution is -2.25. The number of carboxylic acids is 1. The topological polar surface area (TPSA) is 88.7 Å². The molecule has 0 aromatic carbocycles. The molecule has 2 aromatic heterocycles. The van der Waals surface area contributed by atoms with Crippen LogP contribution in [0.2, 0.25) is 0 Å². The van der Waals surface area contributed by atoms with Crippen LogP contribution in [0.25, 0.3) is 5.52 Å². The molecule has 1 aliphatic heterocycles. The molecule has 1 saturated heterocycles. The molecular weight excluding hydrogens is 280 g/mol. The van der Waals surface area contributed by atoms with Gasteiger partial charge in [0, 0.05) is 5.92 Å². The molecule has 1 aliphatic rings. The van der Waals surface area contributed by atoms with Gasteiger partial charge in [0.25, 0.3) is 0 Å². The zero-order valence-corrected chi connectivity index (χ0v) is 11.5. The third-order valence-electron chi connectivity index (χ3n) is 3.63. The molecule has 2 aromatic rings. The van der Waals surface area contributed by atoms with Gasteiger partial charge in [-0.3, -0.25) is 4.40 Å². The van der Waals surface area contributed by atoms with E-state index < -0.39 is 15.8 Å². The summed E-state index contributed by atoms with van der Waals surface area (Å²) < 4.78 is 25.1. The highest BCUT2D eigenvalue weighted by molar-refractivity contribution is 7.91. The number of carboxylic acid groups (broad SMARTS) is 1. The maximum Gasteiger partial charge on any atom is 0.352 e. The Hall–Kier alpha value is -1.89. The summed E-state index contributed by atoms with van der Waals surface area (Å²) in [5, 5.41) is 9.26. The monoisotopic (exact) mass is 294 g/mol. The summed E-state index contributed by atoms with van der Waals surface area (Å²) >= 11 is 0. The van der Waals surface area contributed by atoms with Gasteiger partial charge in [0.15, 0.2) is 9.84 Å². The van der Waals surface area contributed by atoms with Gasteiger partial charge in [-0.05, 0) is 25.0 Å². The second kappa shape index (κ2) is 4.59. The molecule has 20 heavy (non-hydrogen) atoms. The molecule has 0 radical (unpaired) electrons. The van der Waals surface area contributed by atoms with Gasteiger partial charge in [0.2, 0.25) is 0 Å². The molecule has 1 N–H and O–H groups in total. The minimum Gasteiger partial charge on any atom is -0.477 e. The summed E-state index contributed by atoms with van der Waals surface area (Å²) in [6.45, 7) is 0. The van der Waals surface area contributed by atoms with Gasteiger partial charge >= 0.3 is 5.97 Å². The molecule has 0 spiro atoms. The van der Waals surface area contributed by atoms with E-state index in [0.717, 1.165) is 0 Å². The van der Waals surface area contributed by atoms with Crippen LogP contribution in [0, 0.1) is 0 Å². The van der Waals surface area contributed by atoms with E-state index in [1.165, 1.54) is 6.07 Å². The fourth-order valence-corrected chi connectivity index (χ4v) is 4.46. The van der Waals surface area contributed by atoms with Gasteiger partial charge in [0.05, 0.1) is 23.2 Å². The zero-order chi connectivity index (χ0) is 14.3. The van der Waals surface area contributed by atoms with Crippen LogP contribution in [0.1, 0.15) is 35.1 Å². The number of sulfone groups is 1. The van der Waals surface area contributed by atoms with Crippen LogP contribution in [0.4, 0.5) is 0 Å². The van der Waals surface area contributed by atoms with Crippen LogP contribution in [0.15, 0.2) is 24.4 Å². The molecule has 7 heteroatoms. The summed E-state index contributed by atoms with van der Waals surface area (Å²) in [6.07, 6.45) is 2.90. The van der Waals surface area contributed by atoms with Crippen molar-refractivity contribution in [1.82, 2.24) is 9.38 Å². The van der Waals surface area contributed by atoms with Gasteiger partial charge in [-0.1, -0.05) is 6.07 Å². The van der Waals surface area contributed by atoms with Crippen molar-refractivity contribution in [3.05, 3.63) is 35.9 Å². The van der Waals surface area contributed by atoms with E-state index >= 15 is 0 Å². The third-order valence-corrected chi connectivity index (χ3v) is 5.45. The molecule has 1 unspecified atom stereocenters. The van der Waals surface area contributed by atoms with Crippen molar-refractivity contribution in [2.75, 3.05) is 11.5 Å². The molecule has 0 amide bonds. The smallest absolute Gasteiger partial charge is 0.352 e. The third kappa shape index (κ3) is 2.18. The van der Waals surface area contributed by atoms with Crippen molar-refractivity contribution in [2.45, 2.75) is 18.8 Å². The zero-order valence-electron chi connectivity index (χ0n) is 10.7. The maximum absolute atomic E-state index is 11.8. The first kappa shape index (κ1) is 13.1. The fourth-order valence-electron chi connectivity index (χ4n) is 2.75. The summed E-state index contributed by atoms with van der Waals surface area (Å²) in [7, 11) is -3.06. The molecule has 1 atom stereocenters. The second-order valence-electron chi connectivity index (χ2n) is 5.05. The number of nitrogens with zero attached hydrogens (tertiary/aromatic N) is 2. The number of imidazole rings is 1. The molecule has 1 fully saturated rings. The summed E-state index contributed by atoms with van der Waals surface area (Å²) in [4.78, 5) is 15.6. The van der Waals surface area contributed by atoms with Crippen molar-refractivity contribution >= 4 is 21.3 Å². The predicted octanol–water partition coefficient (Wildman–Crippen LogP) is 1.32. The number of aromatic nitrogens is 2. The lowest BCUT2D eigenvalue weighted by atomic mass is 10.0. The average molecular weight is 294 g/mol. The number of hydrogen-bond acceptors (Lipinski definition) is 4. The van der Waals surface area contributed by atoms with E-state index in [1.54, 1.807) is 22.7 Å². The van der Waals surface area contributed by atoms with Crippen LogP contribution < -0.4 is 0 Å². The van der Waals surface area contributed by atoms with Gasteiger partial charge in [0.1, 0.15) is 11.5 Å². The number of fused-ring (bicyclic) bond motifs is 1. The van der Waals surface area contributed by atoms with Gasteiger partial charge in [-0.2, -0.15) is 0 Å². The number of pyridine rings is 1. The van der Waals surface area contributed by atoms with E-state index in [2.05, 4.69) is 4.98 Å². The SMILES string of the molecule is O=C(O)c1cccc2cnc(C3CCCS(=O)(=O)C3)n12. The van der Waals surface area contributed by atoms with E-state index in [9.17, 15) is 18.3 Å². The van der Waals surface area contributed by atoms with Crippen molar-refractivity contribution in [3.8, 4) is 0 Å². The van der Waals surface area contributed by atoms with Crippen LogP contribution in [0.3, 0.4) is 0 Å². The Morgan fingerprint density at radius 2 is 2.20 bits per heavy atom. The lowest BCUT2D eigenvalue weighted by Gasteiger charge is -2.21. The first-order chi connectivity index (χ1) is 9.48. The molecule has 3 heterocycles. The van der Waals surface area contributed by atoms with Crippen LogP contribution in [-0.2, 0) is 9.84 Å². The quantitative estimate of drug-likeness (QED) is 0.902. The van der Waals surface area contributed by atoms with Crippen molar-refractivity contribution in [2.24, 2.45) is 0 Å². The highest BCUT2D eigenvalue weighted by Gasteiger charge is 2.29. The summed E-state index contributed by atoms with van der Waals surface area (Å²) in [6, 6.07) is 4.92. The van der Waals surface area contributed by atoms with Gasteiger partial charge in [-0.25, -0.2) is 18.2 Å². The van der Waals surface area contributed by atoms with Crippen LogP contribution >= 0.6 is 0 Å². The number of aromatic carboxylic acids is 1. The summed E-state index contributed by atoms with van der Waals surface area (Å²) in [5.41, 5.74) is 0.779. The Kier molecular flexibility index (Phi) is 3.01. The normalized spacial score (nSPS) is 21.9. The largest absolute Gasteiger partial charge is 0.477 e. The van der Waals surface area contributed by atoms with Crippen molar-refractivity contribution in [1.29, 1.82) is 0 Å². The Morgan fingerprint density at radius 3 is 2.90 bits per heavy atom. The molecule has 0 saturated carbocycles. The van der Waals surface area contributed by atoms with E-state index in [-0.39, 0.29) is 23.1 Å². The minimum absolute atomic E-state index is 0.0417. The average Bonchev–Trinajstić information content (AvgIpc) is 2.80. The number of hydrogen-bond donors (Lipinski definition) is 1. The van der Waals surface area contributed by atoms with E-state index in [0.29, 0.717) is 24.2 Å². The first-order valence-electron chi connectivity index (χ1n) is 6.38. The predicted molar refractivity (Wildman–Crippen MR) is 72.8 cm³/mol. The van der Waals surface area contributed by atoms with Crippen LogP contribution in [0.5, 0.6) is 0 Å².